The van der Waals surface area contributed by atoms with E-state index in [9.17, 15) is 0 Å². The summed E-state index contributed by atoms with van der Waals surface area (Å²) in [6.45, 7) is 0.426. The van der Waals surface area contributed by atoms with Crippen LogP contribution in [0.5, 0.6) is 0 Å². The monoisotopic (exact) mass is 235 g/mol. The summed E-state index contributed by atoms with van der Waals surface area (Å²) < 4.78 is 0. The van der Waals surface area contributed by atoms with Gasteiger partial charge in [-0.15, -0.1) is 0 Å². The maximum absolute atomic E-state index is 9.04. The van der Waals surface area contributed by atoms with Crippen LogP contribution in [0, 0.1) is 11.3 Å². The molecule has 0 spiro atoms. The van der Waals surface area contributed by atoms with E-state index in [2.05, 4.69) is 16.4 Å². The van der Waals surface area contributed by atoms with Crippen LogP contribution in [0.25, 0.3) is 0 Å². The molecule has 0 aliphatic heterocycles. The molecule has 0 fully saturated rings. The number of anilines is 1. The minimum atomic E-state index is 0.426. The molecular formula is C15H13N3. The van der Waals surface area contributed by atoms with Crippen LogP contribution in [-0.2, 0) is 0 Å². The smallest absolute Gasteiger partial charge is 0.137 e. The average Bonchev–Trinajstić information content (AvgIpc) is 2.45. The third-order valence-electron chi connectivity index (χ3n) is 2.38. The number of rotatable bonds is 4. The number of hydrogen-bond acceptors (Lipinski definition) is 3. The normalized spacial score (nSPS) is 10.7. The van der Waals surface area contributed by atoms with Gasteiger partial charge in [-0.25, -0.2) is 4.99 Å². The van der Waals surface area contributed by atoms with Crippen LogP contribution < -0.4 is 5.32 Å². The molecule has 0 saturated carbocycles. The zero-order valence-electron chi connectivity index (χ0n) is 9.88. The number of nitrogens with one attached hydrogen (secondary N) is 1. The van der Waals surface area contributed by atoms with Crippen molar-refractivity contribution in [2.75, 3.05) is 11.9 Å². The Balaban J connectivity index is 2.03. The first kappa shape index (κ1) is 11.9. The second-order valence-electron chi connectivity index (χ2n) is 3.73. The van der Waals surface area contributed by atoms with Gasteiger partial charge in [-0.3, -0.25) is 0 Å². The van der Waals surface area contributed by atoms with Gasteiger partial charge in [-0.1, -0.05) is 36.4 Å². The van der Waals surface area contributed by atoms with Crippen molar-refractivity contribution >= 4 is 17.1 Å². The van der Waals surface area contributed by atoms with Gasteiger partial charge in [0.25, 0.3) is 0 Å². The molecule has 1 N–H and O–H groups in total. The highest BCUT2D eigenvalue weighted by molar-refractivity contribution is 6.02. The van der Waals surface area contributed by atoms with Gasteiger partial charge in [-0.2, -0.15) is 5.26 Å². The number of nitriles is 1. The molecule has 0 saturated heterocycles. The van der Waals surface area contributed by atoms with E-state index in [-0.39, 0.29) is 0 Å². The van der Waals surface area contributed by atoms with Crippen LogP contribution in [0.4, 0.5) is 11.4 Å². The quantitative estimate of drug-likeness (QED) is 0.826. The Bertz CT molecular complexity index is 553. The standard InChI is InChI=1S/C15H13N3/c16-11-15(18-14-9-5-2-6-10-14)12-17-13-7-3-1-4-8-13/h1-10,17H,12H2. The Morgan fingerprint density at radius 1 is 1.00 bits per heavy atom. The summed E-state index contributed by atoms with van der Waals surface area (Å²) in [7, 11) is 0. The van der Waals surface area contributed by atoms with Crippen molar-refractivity contribution in [3.8, 4) is 6.07 Å². The molecule has 0 aliphatic carbocycles. The molecule has 2 rings (SSSR count). The molecule has 2 aromatic carbocycles. The van der Waals surface area contributed by atoms with Crippen molar-refractivity contribution in [3.05, 3.63) is 60.7 Å². The van der Waals surface area contributed by atoms with Crippen molar-refractivity contribution in [2.45, 2.75) is 0 Å². The maximum Gasteiger partial charge on any atom is 0.137 e. The predicted octanol–water partition coefficient (Wildman–Crippen LogP) is 3.39. The molecule has 0 aliphatic rings. The first-order valence-electron chi connectivity index (χ1n) is 5.70. The van der Waals surface area contributed by atoms with E-state index in [1.807, 2.05) is 60.7 Å². The van der Waals surface area contributed by atoms with Crippen LogP contribution >= 0.6 is 0 Å². The van der Waals surface area contributed by atoms with Crippen molar-refractivity contribution in [3.63, 3.8) is 0 Å². The summed E-state index contributed by atoms with van der Waals surface area (Å²) in [5.74, 6) is 0. The van der Waals surface area contributed by atoms with E-state index in [1.54, 1.807) is 0 Å². The molecule has 0 amide bonds. The number of hydrogen-bond donors (Lipinski definition) is 1. The first-order chi connectivity index (χ1) is 8.88. The van der Waals surface area contributed by atoms with Crippen molar-refractivity contribution in [1.29, 1.82) is 5.26 Å². The van der Waals surface area contributed by atoms with Crippen LogP contribution in [0.3, 0.4) is 0 Å². The zero-order valence-corrected chi connectivity index (χ0v) is 9.88. The number of para-hydroxylation sites is 2. The molecule has 88 valence electrons. The van der Waals surface area contributed by atoms with Crippen molar-refractivity contribution in [1.82, 2.24) is 0 Å². The maximum atomic E-state index is 9.04. The summed E-state index contributed by atoms with van der Waals surface area (Å²) >= 11 is 0. The minimum Gasteiger partial charge on any atom is -0.379 e. The largest absolute Gasteiger partial charge is 0.379 e. The molecule has 0 radical (unpaired) electrons. The molecule has 0 aromatic heterocycles. The van der Waals surface area contributed by atoms with Gasteiger partial charge in [0.05, 0.1) is 12.2 Å². The summed E-state index contributed by atoms with van der Waals surface area (Å²) in [4.78, 5) is 4.29. The Kier molecular flexibility index (Phi) is 4.10. The van der Waals surface area contributed by atoms with Crippen LogP contribution in [0.1, 0.15) is 0 Å². The molecular weight excluding hydrogens is 222 g/mol. The molecule has 18 heavy (non-hydrogen) atoms. The third-order valence-corrected chi connectivity index (χ3v) is 2.38. The number of aliphatic imine (C=N–C) groups is 1. The van der Waals surface area contributed by atoms with Gasteiger partial charge in [0, 0.05) is 5.69 Å². The second kappa shape index (κ2) is 6.21. The topological polar surface area (TPSA) is 48.2 Å². The van der Waals surface area contributed by atoms with Gasteiger partial charge in [0.1, 0.15) is 11.8 Å². The number of nitrogens with zero attached hydrogens (tertiary/aromatic N) is 2. The lowest BCUT2D eigenvalue weighted by atomic mass is 10.3. The molecule has 0 bridgehead atoms. The van der Waals surface area contributed by atoms with Gasteiger partial charge in [-0.05, 0) is 24.3 Å². The Labute approximate surface area is 106 Å². The van der Waals surface area contributed by atoms with Gasteiger partial charge < -0.3 is 5.32 Å². The molecule has 3 nitrogen and oxygen atoms in total. The van der Waals surface area contributed by atoms with Gasteiger partial charge >= 0.3 is 0 Å². The third kappa shape index (κ3) is 3.46. The molecule has 2 aromatic rings. The first-order valence-corrected chi connectivity index (χ1v) is 5.70. The van der Waals surface area contributed by atoms with E-state index >= 15 is 0 Å². The van der Waals surface area contributed by atoms with E-state index in [0.29, 0.717) is 12.3 Å². The Morgan fingerprint density at radius 3 is 2.22 bits per heavy atom. The summed E-state index contributed by atoms with van der Waals surface area (Å²) in [5.41, 5.74) is 2.24. The minimum absolute atomic E-state index is 0.426. The summed E-state index contributed by atoms with van der Waals surface area (Å²) in [6, 6.07) is 21.3. The highest BCUT2D eigenvalue weighted by Crippen LogP contribution is 2.10. The Morgan fingerprint density at radius 2 is 1.61 bits per heavy atom. The van der Waals surface area contributed by atoms with Crippen LogP contribution in [0.2, 0.25) is 0 Å². The van der Waals surface area contributed by atoms with E-state index < -0.39 is 0 Å². The second-order valence-corrected chi connectivity index (χ2v) is 3.73. The van der Waals surface area contributed by atoms with Crippen LogP contribution in [-0.4, -0.2) is 12.3 Å². The Hall–Kier alpha value is -2.60. The summed E-state index contributed by atoms with van der Waals surface area (Å²) in [6.07, 6.45) is 0. The van der Waals surface area contributed by atoms with E-state index in [4.69, 9.17) is 5.26 Å². The van der Waals surface area contributed by atoms with E-state index in [0.717, 1.165) is 11.4 Å². The SMILES string of the molecule is N#CC(CNc1ccccc1)=Nc1ccccc1. The lowest BCUT2D eigenvalue weighted by Crippen LogP contribution is -2.11. The number of benzene rings is 2. The lowest BCUT2D eigenvalue weighted by molar-refractivity contribution is 1.36. The fourth-order valence-electron chi connectivity index (χ4n) is 1.50. The molecule has 3 heteroatoms. The summed E-state index contributed by atoms with van der Waals surface area (Å²) in [5, 5.41) is 12.2. The van der Waals surface area contributed by atoms with E-state index in [1.165, 1.54) is 0 Å². The average molecular weight is 235 g/mol. The highest BCUT2D eigenvalue weighted by Gasteiger charge is 1.98. The fourth-order valence-corrected chi connectivity index (χ4v) is 1.50. The van der Waals surface area contributed by atoms with Gasteiger partial charge in [0.15, 0.2) is 0 Å². The lowest BCUT2D eigenvalue weighted by Gasteiger charge is -2.04. The van der Waals surface area contributed by atoms with Crippen LogP contribution in [0.15, 0.2) is 65.7 Å². The molecule has 0 atom stereocenters. The molecule has 0 unspecified atom stereocenters. The zero-order chi connectivity index (χ0) is 12.6. The van der Waals surface area contributed by atoms with Crippen molar-refractivity contribution in [2.24, 2.45) is 4.99 Å². The van der Waals surface area contributed by atoms with Gasteiger partial charge in [0.2, 0.25) is 0 Å². The van der Waals surface area contributed by atoms with Crippen molar-refractivity contribution < 1.29 is 0 Å². The highest BCUT2D eigenvalue weighted by atomic mass is 14.9. The molecule has 0 heterocycles. The predicted molar refractivity (Wildman–Crippen MR) is 74.1 cm³/mol. The fraction of sp³-hybridized carbons (Fsp3) is 0.0667.